The van der Waals surface area contributed by atoms with E-state index < -0.39 is 0 Å². The minimum Gasteiger partial charge on any atom is -0.341 e. The highest BCUT2D eigenvalue weighted by Crippen LogP contribution is 2.23. The van der Waals surface area contributed by atoms with Gasteiger partial charge in [-0.25, -0.2) is 0 Å². The monoisotopic (exact) mass is 322 g/mol. The topological polar surface area (TPSA) is 33.2 Å². The Hall–Kier alpha value is -1.58. The highest BCUT2D eigenvalue weighted by molar-refractivity contribution is 6.42. The van der Waals surface area contributed by atoms with Crippen molar-refractivity contribution >= 4 is 29.1 Å². The summed E-state index contributed by atoms with van der Waals surface area (Å²) < 4.78 is 0. The molecule has 0 saturated heterocycles. The SMILES string of the molecule is CN(Cc1ccc(Cl)c(Cl)c1)C(=O)CCc1ccncc1. The van der Waals surface area contributed by atoms with Gasteiger partial charge in [0.05, 0.1) is 10.0 Å². The lowest BCUT2D eigenvalue weighted by Gasteiger charge is -2.17. The fraction of sp³-hybridized carbons (Fsp3) is 0.250. The number of aromatic nitrogens is 1. The Morgan fingerprint density at radius 1 is 1.10 bits per heavy atom. The minimum atomic E-state index is 0.0953. The Labute approximate surface area is 134 Å². The number of aryl methyl sites for hydroxylation is 1. The number of hydrogen-bond donors (Lipinski definition) is 0. The van der Waals surface area contributed by atoms with Gasteiger partial charge >= 0.3 is 0 Å². The van der Waals surface area contributed by atoms with Crippen molar-refractivity contribution in [3.63, 3.8) is 0 Å². The van der Waals surface area contributed by atoms with Gasteiger partial charge in [-0.2, -0.15) is 0 Å². The second-order valence-electron chi connectivity index (χ2n) is 4.85. The fourth-order valence-electron chi connectivity index (χ4n) is 1.99. The average molecular weight is 323 g/mol. The zero-order chi connectivity index (χ0) is 15.2. The van der Waals surface area contributed by atoms with E-state index in [0.717, 1.165) is 11.1 Å². The molecule has 1 heterocycles. The van der Waals surface area contributed by atoms with Crippen molar-refractivity contribution < 1.29 is 4.79 Å². The van der Waals surface area contributed by atoms with E-state index in [-0.39, 0.29) is 5.91 Å². The number of benzene rings is 1. The molecule has 0 spiro atoms. The zero-order valence-corrected chi connectivity index (χ0v) is 13.2. The van der Waals surface area contributed by atoms with Crippen LogP contribution >= 0.6 is 23.2 Å². The van der Waals surface area contributed by atoms with Gasteiger partial charge < -0.3 is 4.90 Å². The van der Waals surface area contributed by atoms with Crippen molar-refractivity contribution in [1.82, 2.24) is 9.88 Å². The maximum Gasteiger partial charge on any atom is 0.222 e. The van der Waals surface area contributed by atoms with E-state index in [1.807, 2.05) is 18.2 Å². The van der Waals surface area contributed by atoms with Crippen LogP contribution in [0.4, 0.5) is 0 Å². The predicted octanol–water partition coefficient (Wildman–Crippen LogP) is 3.98. The van der Waals surface area contributed by atoms with Crippen molar-refractivity contribution in [3.8, 4) is 0 Å². The molecule has 110 valence electrons. The summed E-state index contributed by atoms with van der Waals surface area (Å²) in [7, 11) is 1.79. The Balaban J connectivity index is 1.88. The number of amides is 1. The molecule has 0 aliphatic rings. The van der Waals surface area contributed by atoms with Gasteiger partial charge in [-0.1, -0.05) is 29.3 Å². The van der Waals surface area contributed by atoms with E-state index in [1.165, 1.54) is 0 Å². The Kier molecular flexibility index (Phi) is 5.59. The van der Waals surface area contributed by atoms with Crippen LogP contribution in [0.15, 0.2) is 42.7 Å². The summed E-state index contributed by atoms with van der Waals surface area (Å²) in [6.45, 7) is 0.520. The van der Waals surface area contributed by atoms with Crippen molar-refractivity contribution in [2.45, 2.75) is 19.4 Å². The number of nitrogens with zero attached hydrogens (tertiary/aromatic N) is 2. The lowest BCUT2D eigenvalue weighted by molar-refractivity contribution is -0.130. The maximum atomic E-state index is 12.1. The van der Waals surface area contributed by atoms with Gasteiger partial charge in [-0.3, -0.25) is 9.78 Å². The highest BCUT2D eigenvalue weighted by atomic mass is 35.5. The third kappa shape index (κ3) is 4.73. The molecule has 0 saturated carbocycles. The predicted molar refractivity (Wildman–Crippen MR) is 85.5 cm³/mol. The Morgan fingerprint density at radius 2 is 1.81 bits per heavy atom. The molecule has 1 aromatic carbocycles. The third-order valence-corrected chi connectivity index (χ3v) is 3.95. The Morgan fingerprint density at radius 3 is 2.48 bits per heavy atom. The van der Waals surface area contributed by atoms with E-state index in [0.29, 0.717) is 29.4 Å². The van der Waals surface area contributed by atoms with Crippen LogP contribution < -0.4 is 0 Å². The molecule has 5 heteroatoms. The summed E-state index contributed by atoms with van der Waals surface area (Å²) >= 11 is 11.9. The first kappa shape index (κ1) is 15.8. The minimum absolute atomic E-state index is 0.0953. The molecule has 0 aliphatic heterocycles. The molecule has 0 aliphatic carbocycles. The van der Waals surface area contributed by atoms with Crippen molar-refractivity contribution in [1.29, 1.82) is 0 Å². The van der Waals surface area contributed by atoms with E-state index in [1.54, 1.807) is 36.5 Å². The number of carbonyl (C=O) groups excluding carboxylic acids is 1. The molecule has 1 aromatic heterocycles. The van der Waals surface area contributed by atoms with Crippen molar-refractivity contribution in [2.75, 3.05) is 7.05 Å². The highest BCUT2D eigenvalue weighted by Gasteiger charge is 2.10. The molecule has 1 amide bonds. The van der Waals surface area contributed by atoms with Gasteiger partial charge in [0.2, 0.25) is 5.91 Å². The maximum absolute atomic E-state index is 12.1. The molecule has 0 atom stereocenters. The summed E-state index contributed by atoms with van der Waals surface area (Å²) in [5.74, 6) is 0.0953. The molecule has 2 aromatic rings. The van der Waals surface area contributed by atoms with Crippen LogP contribution in [0.1, 0.15) is 17.5 Å². The number of carbonyl (C=O) groups is 1. The van der Waals surface area contributed by atoms with Crippen LogP contribution in [0.3, 0.4) is 0 Å². The molecule has 0 bridgehead atoms. The molecule has 0 fully saturated rings. The number of pyridine rings is 1. The quantitative estimate of drug-likeness (QED) is 0.834. The van der Waals surface area contributed by atoms with E-state index in [9.17, 15) is 4.79 Å². The summed E-state index contributed by atoms with van der Waals surface area (Å²) in [6.07, 6.45) is 4.66. The molecular weight excluding hydrogens is 307 g/mol. The van der Waals surface area contributed by atoms with Gasteiger partial charge in [0.15, 0.2) is 0 Å². The van der Waals surface area contributed by atoms with Crippen molar-refractivity contribution in [2.24, 2.45) is 0 Å². The normalized spacial score (nSPS) is 10.4. The van der Waals surface area contributed by atoms with Gasteiger partial charge in [-0.05, 0) is 41.8 Å². The lowest BCUT2D eigenvalue weighted by atomic mass is 10.1. The van der Waals surface area contributed by atoms with Crippen LogP contribution in [-0.4, -0.2) is 22.8 Å². The largest absolute Gasteiger partial charge is 0.341 e. The molecule has 0 radical (unpaired) electrons. The van der Waals surface area contributed by atoms with Crippen LogP contribution in [0.25, 0.3) is 0 Å². The summed E-state index contributed by atoms with van der Waals surface area (Å²) in [5, 5.41) is 1.03. The zero-order valence-electron chi connectivity index (χ0n) is 11.7. The van der Waals surface area contributed by atoms with Crippen LogP contribution in [-0.2, 0) is 17.8 Å². The van der Waals surface area contributed by atoms with E-state index in [2.05, 4.69) is 4.98 Å². The molecule has 2 rings (SSSR count). The van der Waals surface area contributed by atoms with Gasteiger partial charge in [0, 0.05) is 32.4 Å². The molecule has 3 nitrogen and oxygen atoms in total. The van der Waals surface area contributed by atoms with Gasteiger partial charge in [0.25, 0.3) is 0 Å². The van der Waals surface area contributed by atoms with Crippen molar-refractivity contribution in [3.05, 3.63) is 63.9 Å². The second kappa shape index (κ2) is 7.43. The van der Waals surface area contributed by atoms with Crippen LogP contribution in [0.5, 0.6) is 0 Å². The average Bonchev–Trinajstić information content (AvgIpc) is 2.49. The number of halogens is 2. The molecule has 0 N–H and O–H groups in total. The van der Waals surface area contributed by atoms with Crippen LogP contribution in [0, 0.1) is 0 Å². The third-order valence-electron chi connectivity index (χ3n) is 3.21. The fourth-order valence-corrected chi connectivity index (χ4v) is 2.31. The Bertz CT molecular complexity index is 617. The van der Waals surface area contributed by atoms with Gasteiger partial charge in [-0.15, -0.1) is 0 Å². The first-order valence-electron chi connectivity index (χ1n) is 6.63. The van der Waals surface area contributed by atoms with E-state index >= 15 is 0 Å². The summed E-state index contributed by atoms with van der Waals surface area (Å²) in [4.78, 5) is 17.8. The van der Waals surface area contributed by atoms with Gasteiger partial charge in [0.1, 0.15) is 0 Å². The smallest absolute Gasteiger partial charge is 0.222 e. The first-order valence-corrected chi connectivity index (χ1v) is 7.38. The first-order chi connectivity index (χ1) is 10.1. The standard InChI is InChI=1S/C16H16Cl2N2O/c1-20(11-13-2-4-14(17)15(18)10-13)16(21)5-3-12-6-8-19-9-7-12/h2,4,6-10H,3,5,11H2,1H3. The molecule has 21 heavy (non-hydrogen) atoms. The van der Waals surface area contributed by atoms with E-state index in [4.69, 9.17) is 23.2 Å². The summed E-state index contributed by atoms with van der Waals surface area (Å²) in [6, 6.07) is 9.25. The lowest BCUT2D eigenvalue weighted by Crippen LogP contribution is -2.26. The molecular formula is C16H16Cl2N2O. The van der Waals surface area contributed by atoms with Crippen LogP contribution in [0.2, 0.25) is 10.0 Å². The second-order valence-corrected chi connectivity index (χ2v) is 5.67. The number of hydrogen-bond acceptors (Lipinski definition) is 2. The summed E-state index contributed by atoms with van der Waals surface area (Å²) in [5.41, 5.74) is 2.07. The molecule has 0 unspecified atom stereocenters. The number of rotatable bonds is 5.